The monoisotopic (exact) mass is 262 g/mol. The highest BCUT2D eigenvalue weighted by molar-refractivity contribution is 5.92. The molecule has 1 aliphatic rings. The average molecular weight is 262 g/mol. The van der Waals surface area contributed by atoms with Gasteiger partial charge in [-0.2, -0.15) is 0 Å². The molecule has 1 fully saturated rings. The number of nitrogens with one attached hydrogen (secondary N) is 1. The number of rotatable bonds is 3. The third kappa shape index (κ3) is 2.15. The number of hydrogen-bond acceptors (Lipinski definition) is 3. The van der Waals surface area contributed by atoms with Gasteiger partial charge in [-0.25, -0.2) is 9.59 Å². The number of H-pyrrole nitrogens is 1. The minimum Gasteiger partial charge on any atom is -0.478 e. The van der Waals surface area contributed by atoms with Crippen LogP contribution in [0.4, 0.5) is 0 Å². The van der Waals surface area contributed by atoms with E-state index in [9.17, 15) is 9.59 Å². The Balaban J connectivity index is 2.02. The highest BCUT2D eigenvalue weighted by atomic mass is 16.5. The van der Waals surface area contributed by atoms with Crippen LogP contribution >= 0.6 is 0 Å². The Morgan fingerprint density at radius 2 is 2.37 bits per heavy atom. The molecule has 1 atom stereocenters. The number of carboxylic acids is 1. The Labute approximate surface area is 108 Å². The summed E-state index contributed by atoms with van der Waals surface area (Å²) in [5, 5.41) is 8.93. The summed E-state index contributed by atoms with van der Waals surface area (Å²) in [6, 6.07) is 4.67. The van der Waals surface area contributed by atoms with Gasteiger partial charge < -0.3 is 14.8 Å². The number of carboxylic acid groups (broad SMARTS) is 1. The molecule has 100 valence electrons. The lowest BCUT2D eigenvalue weighted by atomic mass is 10.1. The molecule has 0 amide bonds. The maximum atomic E-state index is 11.9. The maximum absolute atomic E-state index is 11.9. The van der Waals surface area contributed by atoms with Gasteiger partial charge in [-0.05, 0) is 24.6 Å². The van der Waals surface area contributed by atoms with Crippen molar-refractivity contribution in [2.24, 2.45) is 5.92 Å². The number of carbonyl (C=O) groups is 1. The summed E-state index contributed by atoms with van der Waals surface area (Å²) in [6.07, 6.45) is 0.951. The minimum absolute atomic E-state index is 0.171. The van der Waals surface area contributed by atoms with E-state index >= 15 is 0 Å². The third-order valence-electron chi connectivity index (χ3n) is 3.49. The van der Waals surface area contributed by atoms with Gasteiger partial charge in [0.2, 0.25) is 0 Å². The van der Waals surface area contributed by atoms with E-state index in [4.69, 9.17) is 9.84 Å². The largest absolute Gasteiger partial charge is 0.478 e. The maximum Gasteiger partial charge on any atom is 0.335 e. The molecular weight excluding hydrogens is 248 g/mol. The molecule has 1 aromatic carbocycles. The number of aromatic nitrogens is 2. The standard InChI is InChI=1S/C13H14N2O4/c16-12(17)9-1-2-11-10(5-9)14-13(18)15(11)6-8-3-4-19-7-8/h1-2,5,8H,3-4,6-7H2,(H,14,18)(H,16,17). The lowest BCUT2D eigenvalue weighted by molar-refractivity contribution is 0.0697. The molecular formula is C13H14N2O4. The summed E-state index contributed by atoms with van der Waals surface area (Å²) >= 11 is 0. The molecule has 1 saturated heterocycles. The van der Waals surface area contributed by atoms with Crippen LogP contribution in [-0.2, 0) is 11.3 Å². The van der Waals surface area contributed by atoms with E-state index < -0.39 is 5.97 Å². The first-order chi connectivity index (χ1) is 9.15. The van der Waals surface area contributed by atoms with Gasteiger partial charge in [0.1, 0.15) is 0 Å². The number of hydrogen-bond donors (Lipinski definition) is 2. The summed E-state index contributed by atoms with van der Waals surface area (Å²) in [4.78, 5) is 25.5. The molecule has 3 rings (SSSR count). The highest BCUT2D eigenvalue weighted by Crippen LogP contribution is 2.18. The van der Waals surface area contributed by atoms with Crippen LogP contribution in [0.15, 0.2) is 23.0 Å². The summed E-state index contributed by atoms with van der Waals surface area (Å²) in [7, 11) is 0. The summed E-state index contributed by atoms with van der Waals surface area (Å²) in [6.45, 7) is 2.02. The van der Waals surface area contributed by atoms with E-state index in [0.717, 1.165) is 18.5 Å². The fraction of sp³-hybridized carbons (Fsp3) is 0.385. The Bertz CT molecular complexity index is 679. The van der Waals surface area contributed by atoms with Crippen LogP contribution < -0.4 is 5.69 Å². The van der Waals surface area contributed by atoms with Crippen molar-refractivity contribution in [3.8, 4) is 0 Å². The molecule has 1 aromatic heterocycles. The first-order valence-corrected chi connectivity index (χ1v) is 6.19. The van der Waals surface area contributed by atoms with Crippen LogP contribution in [0.3, 0.4) is 0 Å². The molecule has 0 aliphatic carbocycles. The quantitative estimate of drug-likeness (QED) is 0.866. The normalized spacial score (nSPS) is 19.1. The molecule has 2 heterocycles. The topological polar surface area (TPSA) is 84.3 Å². The van der Waals surface area contributed by atoms with Crippen LogP contribution in [0.25, 0.3) is 11.0 Å². The Hall–Kier alpha value is -2.08. The number of aromatic amines is 1. The highest BCUT2D eigenvalue weighted by Gasteiger charge is 2.19. The minimum atomic E-state index is -1.00. The van der Waals surface area contributed by atoms with Crippen molar-refractivity contribution >= 4 is 17.0 Å². The molecule has 2 aromatic rings. The van der Waals surface area contributed by atoms with Gasteiger partial charge in [-0.1, -0.05) is 0 Å². The van der Waals surface area contributed by atoms with Crippen LogP contribution in [0.2, 0.25) is 0 Å². The lowest BCUT2D eigenvalue weighted by Crippen LogP contribution is -2.21. The van der Waals surface area contributed by atoms with E-state index in [2.05, 4.69) is 4.98 Å². The first kappa shape index (κ1) is 12.0. The van der Waals surface area contributed by atoms with E-state index in [1.165, 1.54) is 12.1 Å². The van der Waals surface area contributed by atoms with Crippen molar-refractivity contribution in [3.63, 3.8) is 0 Å². The number of ether oxygens (including phenoxy) is 1. The van der Waals surface area contributed by atoms with Crippen molar-refractivity contribution in [1.29, 1.82) is 0 Å². The predicted molar refractivity (Wildman–Crippen MR) is 68.4 cm³/mol. The molecule has 1 aliphatic heterocycles. The van der Waals surface area contributed by atoms with Gasteiger partial charge in [0.05, 0.1) is 23.2 Å². The molecule has 1 unspecified atom stereocenters. The van der Waals surface area contributed by atoms with Gasteiger partial charge in [0.15, 0.2) is 0 Å². The zero-order valence-electron chi connectivity index (χ0n) is 10.3. The van der Waals surface area contributed by atoms with E-state index in [-0.39, 0.29) is 11.3 Å². The van der Waals surface area contributed by atoms with Crippen molar-refractivity contribution < 1.29 is 14.6 Å². The molecule has 19 heavy (non-hydrogen) atoms. The zero-order chi connectivity index (χ0) is 13.4. The second kappa shape index (κ2) is 4.55. The Morgan fingerprint density at radius 1 is 1.53 bits per heavy atom. The smallest absolute Gasteiger partial charge is 0.335 e. The van der Waals surface area contributed by atoms with Gasteiger partial charge >= 0.3 is 11.7 Å². The molecule has 6 nitrogen and oxygen atoms in total. The van der Waals surface area contributed by atoms with E-state index in [0.29, 0.717) is 24.6 Å². The van der Waals surface area contributed by atoms with Gasteiger partial charge in [0.25, 0.3) is 0 Å². The third-order valence-corrected chi connectivity index (χ3v) is 3.49. The van der Waals surface area contributed by atoms with Crippen molar-refractivity contribution in [2.75, 3.05) is 13.2 Å². The summed E-state index contributed by atoms with van der Waals surface area (Å²) < 4.78 is 6.96. The van der Waals surface area contributed by atoms with Gasteiger partial charge in [-0.15, -0.1) is 0 Å². The van der Waals surface area contributed by atoms with E-state index in [1.54, 1.807) is 10.6 Å². The average Bonchev–Trinajstić information content (AvgIpc) is 2.98. The fourth-order valence-electron chi connectivity index (χ4n) is 2.46. The predicted octanol–water partition coefficient (Wildman–Crippen LogP) is 1.06. The number of imidazole rings is 1. The van der Waals surface area contributed by atoms with Crippen LogP contribution in [0.1, 0.15) is 16.8 Å². The van der Waals surface area contributed by atoms with Gasteiger partial charge in [0, 0.05) is 19.1 Å². The SMILES string of the molecule is O=C(O)c1ccc2c(c1)[nH]c(=O)n2CC1CCOC1. The van der Waals surface area contributed by atoms with Gasteiger partial charge in [-0.3, -0.25) is 4.57 Å². The van der Waals surface area contributed by atoms with Crippen LogP contribution in [0, 0.1) is 5.92 Å². The van der Waals surface area contributed by atoms with Crippen LogP contribution in [0.5, 0.6) is 0 Å². The molecule has 6 heteroatoms. The first-order valence-electron chi connectivity index (χ1n) is 6.19. The van der Waals surface area contributed by atoms with Crippen molar-refractivity contribution in [1.82, 2.24) is 9.55 Å². The second-order valence-electron chi connectivity index (χ2n) is 4.81. The summed E-state index contributed by atoms with van der Waals surface area (Å²) in [5.74, 6) is -0.657. The van der Waals surface area contributed by atoms with Crippen molar-refractivity contribution in [3.05, 3.63) is 34.2 Å². The van der Waals surface area contributed by atoms with Crippen LogP contribution in [-0.4, -0.2) is 33.8 Å². The zero-order valence-corrected chi connectivity index (χ0v) is 10.3. The molecule has 0 saturated carbocycles. The number of benzene rings is 1. The molecule has 0 spiro atoms. The second-order valence-corrected chi connectivity index (χ2v) is 4.81. The molecule has 2 N–H and O–H groups in total. The Morgan fingerprint density at radius 3 is 3.05 bits per heavy atom. The number of fused-ring (bicyclic) bond motifs is 1. The molecule has 0 radical (unpaired) electrons. The Kier molecular flexibility index (Phi) is 2.87. The number of aromatic carboxylic acids is 1. The fourth-order valence-corrected chi connectivity index (χ4v) is 2.46. The summed E-state index contributed by atoms with van der Waals surface area (Å²) in [5.41, 5.74) is 1.26. The molecule has 0 bridgehead atoms. The number of nitrogens with zero attached hydrogens (tertiary/aromatic N) is 1. The van der Waals surface area contributed by atoms with Crippen molar-refractivity contribution in [2.45, 2.75) is 13.0 Å². The van der Waals surface area contributed by atoms with E-state index in [1.807, 2.05) is 0 Å². The lowest BCUT2D eigenvalue weighted by Gasteiger charge is -2.08.